The van der Waals surface area contributed by atoms with E-state index in [9.17, 15) is 0 Å². The Morgan fingerprint density at radius 2 is 1.79 bits per heavy atom. The van der Waals surface area contributed by atoms with E-state index in [1.807, 2.05) is 42.5 Å². The van der Waals surface area contributed by atoms with Crippen LogP contribution in [0, 0.1) is 0 Å². The Balaban J connectivity index is 2.26. The zero-order valence-electron chi connectivity index (χ0n) is 9.74. The van der Waals surface area contributed by atoms with Crippen LogP contribution in [0.4, 0.5) is 0 Å². The summed E-state index contributed by atoms with van der Waals surface area (Å²) in [5.74, 6) is 0. The van der Waals surface area contributed by atoms with Gasteiger partial charge in [-0.2, -0.15) is 0 Å². The highest BCUT2D eigenvalue weighted by Crippen LogP contribution is 2.39. The molecule has 0 aliphatic carbocycles. The van der Waals surface area contributed by atoms with Gasteiger partial charge in [-0.05, 0) is 24.3 Å². The summed E-state index contributed by atoms with van der Waals surface area (Å²) in [6, 6.07) is 13.6. The number of aromatic nitrogens is 2. The molecule has 0 spiro atoms. The van der Waals surface area contributed by atoms with Crippen molar-refractivity contribution in [2.24, 2.45) is 0 Å². The molecule has 4 rings (SSSR count). The maximum absolute atomic E-state index is 6.48. The summed E-state index contributed by atoms with van der Waals surface area (Å²) < 4.78 is 0. The van der Waals surface area contributed by atoms with Crippen LogP contribution < -0.4 is 0 Å². The van der Waals surface area contributed by atoms with Crippen molar-refractivity contribution in [3.63, 3.8) is 0 Å². The molecule has 0 bridgehead atoms. The second-order valence-corrected chi connectivity index (χ2v) is 5.30. The van der Waals surface area contributed by atoms with E-state index in [0.717, 1.165) is 33.2 Å². The fraction of sp³-hybridized carbons (Fsp3) is 0. The molecule has 2 heterocycles. The summed E-state index contributed by atoms with van der Waals surface area (Å²) in [7, 11) is 0. The third-order valence-corrected chi connectivity index (χ3v) is 3.95. The van der Waals surface area contributed by atoms with Gasteiger partial charge in [-0.3, -0.25) is 0 Å². The minimum absolute atomic E-state index is 0.641. The molecule has 2 aromatic carbocycles. The molecular weight excluding hydrogens is 279 g/mol. The highest BCUT2D eigenvalue weighted by molar-refractivity contribution is 6.39. The number of hydrogen-bond acceptors (Lipinski definition) is 1. The van der Waals surface area contributed by atoms with Crippen LogP contribution in [-0.2, 0) is 0 Å². The smallest absolute Gasteiger partial charge is 0.107 e. The van der Waals surface area contributed by atoms with Crippen LogP contribution in [0.3, 0.4) is 0 Å². The average molecular weight is 287 g/mol. The van der Waals surface area contributed by atoms with Gasteiger partial charge in [-0.15, -0.1) is 0 Å². The maximum Gasteiger partial charge on any atom is 0.107 e. The Kier molecular flexibility index (Phi) is 2.25. The molecule has 0 unspecified atom stereocenters. The van der Waals surface area contributed by atoms with Gasteiger partial charge in [0.25, 0.3) is 0 Å². The minimum atomic E-state index is 0.641. The molecule has 0 saturated carbocycles. The normalized spacial score (nSPS) is 11.7. The number of nitrogens with one attached hydrogen (secondary N) is 1. The van der Waals surface area contributed by atoms with Crippen LogP contribution in [-0.4, -0.2) is 9.97 Å². The lowest BCUT2D eigenvalue weighted by molar-refractivity contribution is 1.37. The number of H-pyrrole nitrogens is 1. The molecule has 0 amide bonds. The van der Waals surface area contributed by atoms with E-state index in [4.69, 9.17) is 23.2 Å². The predicted octanol–water partition coefficient (Wildman–Crippen LogP) is 5.13. The van der Waals surface area contributed by atoms with E-state index >= 15 is 0 Å². The third-order valence-electron chi connectivity index (χ3n) is 3.33. The van der Waals surface area contributed by atoms with Crippen molar-refractivity contribution in [1.82, 2.24) is 9.97 Å². The van der Waals surface area contributed by atoms with Crippen LogP contribution in [0.2, 0.25) is 10.0 Å². The first-order valence-electron chi connectivity index (χ1n) is 5.89. The molecule has 0 atom stereocenters. The molecule has 2 aliphatic heterocycles. The first-order valence-corrected chi connectivity index (χ1v) is 6.65. The van der Waals surface area contributed by atoms with Crippen molar-refractivity contribution in [2.45, 2.75) is 0 Å². The number of hydrogen-bond donors (Lipinski definition) is 1. The lowest BCUT2D eigenvalue weighted by atomic mass is 10.1. The van der Waals surface area contributed by atoms with E-state index in [-0.39, 0.29) is 0 Å². The molecule has 2 aromatic rings. The van der Waals surface area contributed by atoms with Crippen molar-refractivity contribution in [1.29, 1.82) is 0 Å². The lowest BCUT2D eigenvalue weighted by Crippen LogP contribution is -1.88. The topological polar surface area (TPSA) is 28.7 Å². The SMILES string of the molecule is Clc1ccc2[nH]c3c4ccccc4nc-3c(Cl)c2c1. The molecule has 1 N–H and O–H groups in total. The molecule has 19 heavy (non-hydrogen) atoms. The van der Waals surface area contributed by atoms with Crippen molar-refractivity contribution in [3.8, 4) is 11.4 Å². The maximum atomic E-state index is 6.48. The number of halogens is 2. The molecule has 92 valence electrons. The second kappa shape index (κ2) is 3.86. The van der Waals surface area contributed by atoms with Gasteiger partial charge >= 0.3 is 0 Å². The first-order chi connectivity index (χ1) is 9.24. The van der Waals surface area contributed by atoms with Crippen molar-refractivity contribution >= 4 is 45.0 Å². The fourth-order valence-electron chi connectivity index (χ4n) is 2.44. The van der Waals surface area contributed by atoms with Gasteiger partial charge in [0, 0.05) is 21.3 Å². The number of pyridine rings is 1. The van der Waals surface area contributed by atoms with E-state index < -0.39 is 0 Å². The number of rotatable bonds is 0. The van der Waals surface area contributed by atoms with Crippen molar-refractivity contribution in [3.05, 3.63) is 52.5 Å². The number of aromatic amines is 1. The molecule has 0 fully saturated rings. The van der Waals surface area contributed by atoms with Gasteiger partial charge in [0.1, 0.15) is 5.69 Å². The van der Waals surface area contributed by atoms with Crippen LogP contribution in [0.25, 0.3) is 33.2 Å². The van der Waals surface area contributed by atoms with E-state index in [0.29, 0.717) is 10.0 Å². The molecule has 4 heteroatoms. The zero-order chi connectivity index (χ0) is 13.0. The number of nitrogens with zero attached hydrogens (tertiary/aromatic N) is 1. The van der Waals surface area contributed by atoms with Gasteiger partial charge in [0.15, 0.2) is 0 Å². The Morgan fingerprint density at radius 3 is 2.68 bits per heavy atom. The van der Waals surface area contributed by atoms with E-state index in [1.54, 1.807) is 0 Å². The molecule has 0 aromatic heterocycles. The summed E-state index contributed by atoms with van der Waals surface area (Å²) in [5, 5.41) is 3.28. The van der Waals surface area contributed by atoms with Crippen LogP contribution in [0.1, 0.15) is 0 Å². The Hall–Kier alpha value is -1.77. The Labute approximate surface area is 119 Å². The van der Waals surface area contributed by atoms with Gasteiger partial charge in [0.2, 0.25) is 0 Å². The predicted molar refractivity (Wildman–Crippen MR) is 80.2 cm³/mol. The summed E-state index contributed by atoms with van der Waals surface area (Å²) in [5.41, 5.74) is 3.66. The standard InChI is InChI=1S/C15H8Cl2N2/c16-8-5-6-12-10(7-8)13(17)15-14(18-12)9-3-1-2-4-11(9)19-15/h1-7,18H. The van der Waals surface area contributed by atoms with Crippen LogP contribution in [0.5, 0.6) is 0 Å². The van der Waals surface area contributed by atoms with Gasteiger partial charge in [-0.25, -0.2) is 4.98 Å². The second-order valence-electron chi connectivity index (χ2n) is 4.48. The summed E-state index contributed by atoms with van der Waals surface area (Å²) in [6.45, 7) is 0. The van der Waals surface area contributed by atoms with Gasteiger partial charge < -0.3 is 4.98 Å². The lowest BCUT2D eigenvalue weighted by Gasteiger charge is -2.07. The van der Waals surface area contributed by atoms with Crippen molar-refractivity contribution in [2.75, 3.05) is 0 Å². The first kappa shape index (κ1) is 11.1. The zero-order valence-corrected chi connectivity index (χ0v) is 11.3. The molecular formula is C15H8Cl2N2. The molecule has 0 saturated heterocycles. The monoisotopic (exact) mass is 286 g/mol. The summed E-state index contributed by atoms with van der Waals surface area (Å²) >= 11 is 12.5. The van der Waals surface area contributed by atoms with Crippen molar-refractivity contribution < 1.29 is 0 Å². The minimum Gasteiger partial charge on any atom is -0.353 e. The summed E-state index contributed by atoms with van der Waals surface area (Å²) in [4.78, 5) is 7.98. The largest absolute Gasteiger partial charge is 0.353 e. The number of para-hydroxylation sites is 1. The Bertz CT molecular complexity index is 895. The third kappa shape index (κ3) is 1.54. The Morgan fingerprint density at radius 1 is 0.947 bits per heavy atom. The highest BCUT2D eigenvalue weighted by Gasteiger charge is 2.18. The number of fused-ring (bicyclic) bond motifs is 4. The fourth-order valence-corrected chi connectivity index (χ4v) is 2.91. The number of benzene rings is 2. The van der Waals surface area contributed by atoms with Gasteiger partial charge in [-0.1, -0.05) is 41.4 Å². The molecule has 2 nitrogen and oxygen atoms in total. The molecule has 2 aliphatic rings. The van der Waals surface area contributed by atoms with E-state index in [2.05, 4.69) is 9.97 Å². The highest BCUT2D eigenvalue weighted by atomic mass is 35.5. The van der Waals surface area contributed by atoms with Gasteiger partial charge in [0.05, 0.1) is 16.2 Å². The van der Waals surface area contributed by atoms with Crippen LogP contribution >= 0.6 is 23.2 Å². The summed E-state index contributed by atoms with van der Waals surface area (Å²) in [6.07, 6.45) is 0. The average Bonchev–Trinajstić information content (AvgIpc) is 2.79. The quantitative estimate of drug-likeness (QED) is 0.477. The van der Waals surface area contributed by atoms with E-state index in [1.165, 1.54) is 0 Å². The molecule has 0 radical (unpaired) electrons. The van der Waals surface area contributed by atoms with Crippen LogP contribution in [0.15, 0.2) is 42.5 Å².